The van der Waals surface area contributed by atoms with Gasteiger partial charge in [-0.2, -0.15) is 0 Å². The van der Waals surface area contributed by atoms with E-state index >= 15 is 0 Å². The van der Waals surface area contributed by atoms with Crippen molar-refractivity contribution in [2.45, 2.75) is 18.4 Å². The van der Waals surface area contributed by atoms with Gasteiger partial charge in [0.25, 0.3) is 0 Å². The van der Waals surface area contributed by atoms with E-state index in [0.717, 1.165) is 11.8 Å². The van der Waals surface area contributed by atoms with Crippen LogP contribution in [0, 0.1) is 5.82 Å². The summed E-state index contributed by atoms with van der Waals surface area (Å²) >= 11 is 0. The number of halogens is 1. The quantitative estimate of drug-likeness (QED) is 0.788. The van der Waals surface area contributed by atoms with Crippen molar-refractivity contribution in [1.29, 1.82) is 0 Å². The molecule has 2 aromatic carbocycles. The molecule has 0 atom stereocenters. The molecule has 0 spiro atoms. The topological polar surface area (TPSA) is 54.5 Å². The number of benzene rings is 2. The molecule has 0 unspecified atom stereocenters. The molecule has 0 fully saturated rings. The molecule has 2 rings (SSSR count). The lowest BCUT2D eigenvalue weighted by atomic mass is 10.1. The van der Waals surface area contributed by atoms with Crippen LogP contribution in [0.3, 0.4) is 0 Å². The number of Topliss-reactive ketones (excluding diaryl/α,β-unsaturated/α-hetero) is 1. The van der Waals surface area contributed by atoms with Gasteiger partial charge in [0.15, 0.2) is 15.6 Å². The van der Waals surface area contributed by atoms with Crippen LogP contribution in [0.5, 0.6) is 0 Å². The lowest BCUT2D eigenvalue weighted by Crippen LogP contribution is -2.19. The molecule has 23 heavy (non-hydrogen) atoms. The Kier molecular flexibility index (Phi) is 4.85. The molecule has 0 aliphatic carbocycles. The molecular weight excluding hydrogens is 317 g/mol. The zero-order valence-corrected chi connectivity index (χ0v) is 14.0. The lowest BCUT2D eigenvalue weighted by Gasteiger charge is -2.22. The van der Waals surface area contributed by atoms with E-state index in [0.29, 0.717) is 17.8 Å². The minimum Gasteiger partial charge on any atom is -0.369 e. The van der Waals surface area contributed by atoms with Crippen molar-refractivity contribution in [1.82, 2.24) is 0 Å². The molecule has 0 heterocycles. The highest BCUT2D eigenvalue weighted by atomic mass is 32.2. The summed E-state index contributed by atoms with van der Waals surface area (Å²) in [6.07, 6.45) is 1.13. The van der Waals surface area contributed by atoms with E-state index < -0.39 is 9.84 Å². The zero-order chi connectivity index (χ0) is 17.2. The summed E-state index contributed by atoms with van der Waals surface area (Å²) in [7, 11) is -1.70. The molecular formula is C17H18FNO3S. The Morgan fingerprint density at radius 3 is 2.26 bits per heavy atom. The number of carbonyl (C=O) groups is 1. The highest BCUT2D eigenvalue weighted by molar-refractivity contribution is 7.90. The Labute approximate surface area is 135 Å². The average Bonchev–Trinajstić information content (AvgIpc) is 2.48. The average molecular weight is 335 g/mol. The number of carbonyl (C=O) groups excluding carboxylic acids is 1. The van der Waals surface area contributed by atoms with E-state index in [1.54, 1.807) is 30.1 Å². The van der Waals surface area contributed by atoms with Crippen molar-refractivity contribution < 1.29 is 17.6 Å². The second kappa shape index (κ2) is 6.50. The first-order valence-electron chi connectivity index (χ1n) is 6.99. The fourth-order valence-electron chi connectivity index (χ4n) is 2.30. The Bertz CT molecular complexity index is 829. The third-order valence-electron chi connectivity index (χ3n) is 3.51. The van der Waals surface area contributed by atoms with Crippen molar-refractivity contribution in [2.75, 3.05) is 18.2 Å². The third-order valence-corrected chi connectivity index (χ3v) is 4.65. The smallest absolute Gasteiger partial charge is 0.177 e. The Hall–Kier alpha value is -2.21. The summed E-state index contributed by atoms with van der Waals surface area (Å²) in [5.74, 6) is -0.465. The van der Waals surface area contributed by atoms with E-state index in [2.05, 4.69) is 0 Å². The number of hydrogen-bond acceptors (Lipinski definition) is 4. The van der Waals surface area contributed by atoms with Gasteiger partial charge in [0.2, 0.25) is 0 Å². The van der Waals surface area contributed by atoms with Crippen molar-refractivity contribution >= 4 is 21.3 Å². The fraction of sp³-hybridized carbons (Fsp3) is 0.235. The zero-order valence-electron chi connectivity index (χ0n) is 13.2. The van der Waals surface area contributed by atoms with Gasteiger partial charge in [0.1, 0.15) is 5.82 Å². The molecule has 0 saturated heterocycles. The van der Waals surface area contributed by atoms with Gasteiger partial charge in [0.05, 0.1) is 10.6 Å². The highest BCUT2D eigenvalue weighted by Crippen LogP contribution is 2.27. The summed E-state index contributed by atoms with van der Waals surface area (Å²) in [6.45, 7) is 1.82. The van der Waals surface area contributed by atoms with Gasteiger partial charge in [-0.15, -0.1) is 0 Å². The molecule has 0 amide bonds. The fourth-order valence-corrected chi connectivity index (χ4v) is 3.21. The molecule has 0 N–H and O–H groups in total. The molecule has 0 radical (unpaired) electrons. The predicted octanol–water partition coefficient (Wildman–Crippen LogP) is 3.07. The van der Waals surface area contributed by atoms with Crippen LogP contribution in [0.15, 0.2) is 47.4 Å². The number of rotatable bonds is 5. The first kappa shape index (κ1) is 17.1. The first-order chi connectivity index (χ1) is 10.7. The maximum Gasteiger partial charge on any atom is 0.177 e. The van der Waals surface area contributed by atoms with Crippen LogP contribution >= 0.6 is 0 Å². The Balaban J connectivity index is 2.44. The van der Waals surface area contributed by atoms with Crippen LogP contribution in [0.25, 0.3) is 0 Å². The SMILES string of the molecule is CC(=O)c1ccc(S(C)(=O)=O)c(N(C)Cc2ccc(F)cc2)c1. The van der Waals surface area contributed by atoms with E-state index in [-0.39, 0.29) is 16.5 Å². The van der Waals surface area contributed by atoms with Gasteiger partial charge in [-0.25, -0.2) is 12.8 Å². The van der Waals surface area contributed by atoms with Crippen LogP contribution in [0.2, 0.25) is 0 Å². The molecule has 0 aliphatic heterocycles. The van der Waals surface area contributed by atoms with E-state index in [1.165, 1.54) is 31.2 Å². The van der Waals surface area contributed by atoms with Crippen LogP contribution in [-0.2, 0) is 16.4 Å². The number of nitrogens with zero attached hydrogens (tertiary/aromatic N) is 1. The van der Waals surface area contributed by atoms with Gasteiger partial charge < -0.3 is 4.90 Å². The molecule has 0 saturated carbocycles. The van der Waals surface area contributed by atoms with Gasteiger partial charge in [-0.1, -0.05) is 12.1 Å². The second-order valence-corrected chi connectivity index (χ2v) is 7.48. The highest BCUT2D eigenvalue weighted by Gasteiger charge is 2.18. The van der Waals surface area contributed by atoms with Crippen LogP contribution in [-0.4, -0.2) is 27.5 Å². The lowest BCUT2D eigenvalue weighted by molar-refractivity contribution is 0.101. The summed E-state index contributed by atoms with van der Waals surface area (Å²) in [5.41, 5.74) is 1.73. The molecule has 4 nitrogen and oxygen atoms in total. The molecule has 122 valence electrons. The van der Waals surface area contributed by atoms with Gasteiger partial charge in [-0.3, -0.25) is 4.79 Å². The molecule has 0 aliphatic rings. The largest absolute Gasteiger partial charge is 0.369 e. The summed E-state index contributed by atoms with van der Waals surface area (Å²) < 4.78 is 36.9. The van der Waals surface area contributed by atoms with Crippen LogP contribution in [0.4, 0.5) is 10.1 Å². The van der Waals surface area contributed by atoms with E-state index in [9.17, 15) is 17.6 Å². The standard InChI is InChI=1S/C17H18FNO3S/c1-12(20)14-6-9-17(23(3,21)22)16(10-14)19(2)11-13-4-7-15(18)8-5-13/h4-10H,11H2,1-3H3. The molecule has 0 aromatic heterocycles. The number of hydrogen-bond donors (Lipinski definition) is 0. The summed E-state index contributed by atoms with van der Waals surface area (Å²) in [5, 5.41) is 0. The minimum atomic E-state index is -3.43. The van der Waals surface area contributed by atoms with Gasteiger partial charge >= 0.3 is 0 Å². The van der Waals surface area contributed by atoms with Crippen molar-refractivity contribution in [2.24, 2.45) is 0 Å². The van der Waals surface area contributed by atoms with Crippen molar-refractivity contribution in [3.8, 4) is 0 Å². The van der Waals surface area contributed by atoms with Crippen LogP contribution < -0.4 is 4.90 Å². The van der Waals surface area contributed by atoms with E-state index in [4.69, 9.17) is 0 Å². The third kappa shape index (κ3) is 4.16. The maximum atomic E-state index is 13.0. The number of ketones is 1. The Morgan fingerprint density at radius 2 is 1.74 bits per heavy atom. The van der Waals surface area contributed by atoms with Crippen LogP contribution in [0.1, 0.15) is 22.8 Å². The number of anilines is 1. The summed E-state index contributed by atoms with van der Waals surface area (Å²) in [4.78, 5) is 13.5. The molecule has 0 bridgehead atoms. The molecule has 2 aromatic rings. The van der Waals surface area contributed by atoms with Gasteiger partial charge in [0, 0.05) is 25.4 Å². The second-order valence-electron chi connectivity index (χ2n) is 5.49. The monoisotopic (exact) mass is 335 g/mol. The number of sulfone groups is 1. The van der Waals surface area contributed by atoms with Crippen molar-refractivity contribution in [3.63, 3.8) is 0 Å². The Morgan fingerprint density at radius 1 is 1.13 bits per heavy atom. The predicted molar refractivity (Wildman–Crippen MR) is 88.1 cm³/mol. The van der Waals surface area contributed by atoms with E-state index in [1.807, 2.05) is 0 Å². The molecule has 6 heteroatoms. The maximum absolute atomic E-state index is 13.0. The summed E-state index contributed by atoms with van der Waals surface area (Å²) in [6, 6.07) is 10.5. The van der Waals surface area contributed by atoms with Crippen molar-refractivity contribution in [3.05, 3.63) is 59.4 Å². The first-order valence-corrected chi connectivity index (χ1v) is 8.88. The minimum absolute atomic E-state index is 0.138. The van der Waals surface area contributed by atoms with Gasteiger partial charge in [-0.05, 0) is 42.8 Å². The normalized spacial score (nSPS) is 11.3.